The average molecular weight is 602 g/mol. The number of aromatic amines is 1. The molecule has 0 fully saturated rings. The number of benzene rings is 4. The highest BCUT2D eigenvalue weighted by Gasteiger charge is 2.22. The Kier molecular flexibility index (Phi) is 8.59. The van der Waals surface area contributed by atoms with E-state index < -0.39 is 17.7 Å². The molecule has 4 aromatic carbocycles. The van der Waals surface area contributed by atoms with Gasteiger partial charge in [0, 0.05) is 32.6 Å². The van der Waals surface area contributed by atoms with Crippen molar-refractivity contribution in [1.29, 1.82) is 0 Å². The summed E-state index contributed by atoms with van der Waals surface area (Å²) >= 11 is 6.44. The summed E-state index contributed by atoms with van der Waals surface area (Å²) in [5, 5.41) is 4.97. The summed E-state index contributed by atoms with van der Waals surface area (Å²) < 4.78 is 35.7. The Balaban J connectivity index is 1.40. The van der Waals surface area contributed by atoms with Gasteiger partial charge in [0.1, 0.15) is 17.3 Å². The highest BCUT2D eigenvalue weighted by Crippen LogP contribution is 2.39. The monoisotopic (exact) mass is 601 g/mol. The lowest BCUT2D eigenvalue weighted by Gasteiger charge is -2.14. The van der Waals surface area contributed by atoms with Crippen LogP contribution in [0.3, 0.4) is 0 Å². The standard InChI is InChI=1S/C32H25ClFN3O6/c1-40-26-14-19(15-27(41-2)30(26)42-3)32(39)43-25-11-7-4-8-18(25)17-35-37-31(38)29-28(21-9-5-6-10-23(21)33)22-16-20(34)12-13-24(22)36-29/h4-17,36H,1-3H3,(H,37,38). The maximum Gasteiger partial charge on any atom is 0.343 e. The average Bonchev–Trinajstić information content (AvgIpc) is 3.39. The molecule has 0 atom stereocenters. The van der Waals surface area contributed by atoms with E-state index in [2.05, 4.69) is 15.5 Å². The van der Waals surface area contributed by atoms with E-state index in [4.69, 9.17) is 30.5 Å². The number of carbonyl (C=O) groups excluding carboxylic acids is 2. The van der Waals surface area contributed by atoms with E-state index in [9.17, 15) is 14.0 Å². The molecule has 218 valence electrons. The maximum atomic E-state index is 14.2. The van der Waals surface area contributed by atoms with Crippen LogP contribution in [0.25, 0.3) is 22.0 Å². The van der Waals surface area contributed by atoms with E-state index in [1.54, 1.807) is 54.6 Å². The number of methoxy groups -OCH3 is 3. The van der Waals surface area contributed by atoms with Crippen molar-refractivity contribution in [2.75, 3.05) is 21.3 Å². The molecule has 1 aromatic heterocycles. The quantitative estimate of drug-likeness (QED) is 0.0848. The van der Waals surface area contributed by atoms with Crippen molar-refractivity contribution in [2.45, 2.75) is 0 Å². The maximum absolute atomic E-state index is 14.2. The fraction of sp³-hybridized carbons (Fsp3) is 0.0938. The van der Waals surface area contributed by atoms with Gasteiger partial charge < -0.3 is 23.9 Å². The smallest absolute Gasteiger partial charge is 0.343 e. The number of aromatic nitrogens is 1. The van der Waals surface area contributed by atoms with Crippen molar-refractivity contribution in [1.82, 2.24) is 10.4 Å². The molecule has 0 aliphatic heterocycles. The van der Waals surface area contributed by atoms with E-state index in [0.717, 1.165) is 0 Å². The minimum absolute atomic E-state index is 0.146. The van der Waals surface area contributed by atoms with E-state index in [1.165, 1.54) is 51.8 Å². The van der Waals surface area contributed by atoms with E-state index in [1.807, 2.05) is 0 Å². The molecule has 0 aliphatic rings. The fourth-order valence-electron chi connectivity index (χ4n) is 4.53. The third kappa shape index (κ3) is 6.00. The number of fused-ring (bicyclic) bond motifs is 1. The lowest BCUT2D eigenvalue weighted by atomic mass is 10.0. The summed E-state index contributed by atoms with van der Waals surface area (Å²) in [5.41, 5.74) is 4.75. The second-order valence-electron chi connectivity index (χ2n) is 9.09. The molecule has 0 saturated heterocycles. The number of hydrogen-bond acceptors (Lipinski definition) is 7. The molecule has 2 N–H and O–H groups in total. The number of H-pyrrole nitrogens is 1. The summed E-state index contributed by atoms with van der Waals surface area (Å²) in [7, 11) is 4.35. The van der Waals surface area contributed by atoms with Gasteiger partial charge >= 0.3 is 5.97 Å². The van der Waals surface area contributed by atoms with Gasteiger partial charge in [-0.25, -0.2) is 14.6 Å². The minimum Gasteiger partial charge on any atom is -0.493 e. The van der Waals surface area contributed by atoms with Crippen molar-refractivity contribution >= 4 is 40.6 Å². The van der Waals surface area contributed by atoms with Gasteiger partial charge in [-0.15, -0.1) is 0 Å². The van der Waals surface area contributed by atoms with Gasteiger partial charge in [0.2, 0.25) is 5.75 Å². The van der Waals surface area contributed by atoms with Crippen LogP contribution in [0, 0.1) is 5.82 Å². The Hall–Kier alpha value is -5.35. The first-order chi connectivity index (χ1) is 20.8. The van der Waals surface area contributed by atoms with Crippen molar-refractivity contribution in [3.05, 3.63) is 107 Å². The topological polar surface area (TPSA) is 111 Å². The number of esters is 1. The second kappa shape index (κ2) is 12.7. The van der Waals surface area contributed by atoms with Crippen LogP contribution >= 0.6 is 11.6 Å². The third-order valence-electron chi connectivity index (χ3n) is 6.52. The number of amides is 1. The molecule has 0 unspecified atom stereocenters. The fourth-order valence-corrected chi connectivity index (χ4v) is 4.76. The summed E-state index contributed by atoms with van der Waals surface area (Å²) in [6.07, 6.45) is 1.34. The zero-order valence-electron chi connectivity index (χ0n) is 23.2. The lowest BCUT2D eigenvalue weighted by molar-refractivity contribution is 0.0733. The molecule has 5 rings (SSSR count). The van der Waals surface area contributed by atoms with Crippen molar-refractivity contribution in [3.63, 3.8) is 0 Å². The van der Waals surface area contributed by atoms with Crippen LogP contribution in [0.1, 0.15) is 26.4 Å². The second-order valence-corrected chi connectivity index (χ2v) is 9.49. The molecule has 9 nitrogen and oxygen atoms in total. The number of halogens is 2. The van der Waals surface area contributed by atoms with Crippen LogP contribution in [0.5, 0.6) is 23.0 Å². The Morgan fingerprint density at radius 3 is 2.28 bits per heavy atom. The molecule has 1 heterocycles. The van der Waals surface area contributed by atoms with Crippen LogP contribution in [-0.4, -0.2) is 44.4 Å². The normalized spacial score (nSPS) is 11.0. The molecule has 5 aromatic rings. The third-order valence-corrected chi connectivity index (χ3v) is 6.85. The molecule has 43 heavy (non-hydrogen) atoms. The predicted octanol–water partition coefficient (Wildman–Crippen LogP) is 6.64. The number of carbonyl (C=O) groups is 2. The molecular weight excluding hydrogens is 577 g/mol. The van der Waals surface area contributed by atoms with Crippen molar-refractivity contribution < 1.29 is 32.9 Å². The molecule has 0 radical (unpaired) electrons. The Morgan fingerprint density at radius 1 is 0.884 bits per heavy atom. The van der Waals surface area contributed by atoms with Gasteiger partial charge in [-0.2, -0.15) is 5.10 Å². The van der Waals surface area contributed by atoms with E-state index >= 15 is 0 Å². The zero-order chi connectivity index (χ0) is 30.5. The van der Waals surface area contributed by atoms with Gasteiger partial charge in [-0.3, -0.25) is 4.79 Å². The first kappa shape index (κ1) is 29.2. The number of nitrogens with one attached hydrogen (secondary N) is 2. The summed E-state index contributed by atoms with van der Waals surface area (Å²) in [6.45, 7) is 0. The molecule has 0 saturated carbocycles. The summed E-state index contributed by atoms with van der Waals surface area (Å²) in [4.78, 5) is 29.4. The Morgan fingerprint density at radius 2 is 1.58 bits per heavy atom. The van der Waals surface area contributed by atoms with E-state index in [0.29, 0.717) is 49.9 Å². The van der Waals surface area contributed by atoms with Gasteiger partial charge in [-0.1, -0.05) is 41.9 Å². The molecular formula is C32H25ClFN3O6. The lowest BCUT2D eigenvalue weighted by Crippen LogP contribution is -2.19. The first-order valence-electron chi connectivity index (χ1n) is 12.8. The molecule has 0 bridgehead atoms. The SMILES string of the molecule is COc1cc(C(=O)Oc2ccccc2C=NNC(=O)c2[nH]c3ccc(F)cc3c2-c2ccccc2Cl)cc(OC)c1OC. The van der Waals surface area contributed by atoms with Crippen LogP contribution in [0.15, 0.2) is 84.0 Å². The van der Waals surface area contributed by atoms with Crippen LogP contribution in [0.4, 0.5) is 4.39 Å². The summed E-state index contributed by atoms with van der Waals surface area (Å²) in [6, 6.07) is 20.8. The molecule has 0 spiro atoms. The molecule has 0 aliphatic carbocycles. The largest absolute Gasteiger partial charge is 0.493 e. The number of hydrazone groups is 1. The summed E-state index contributed by atoms with van der Waals surface area (Å²) in [5.74, 6) is -0.611. The first-order valence-corrected chi connectivity index (χ1v) is 13.2. The zero-order valence-corrected chi connectivity index (χ0v) is 24.0. The van der Waals surface area contributed by atoms with E-state index in [-0.39, 0.29) is 17.0 Å². The Bertz CT molecular complexity index is 1840. The number of rotatable bonds is 9. The number of ether oxygens (including phenoxy) is 4. The van der Waals surface area contributed by atoms with Gasteiger partial charge in [0.25, 0.3) is 5.91 Å². The Labute approximate surface area is 250 Å². The highest BCUT2D eigenvalue weighted by atomic mass is 35.5. The van der Waals surface area contributed by atoms with Crippen LogP contribution in [0.2, 0.25) is 5.02 Å². The van der Waals surface area contributed by atoms with Crippen LogP contribution in [-0.2, 0) is 0 Å². The molecule has 11 heteroatoms. The minimum atomic E-state index is -0.682. The van der Waals surface area contributed by atoms with Gasteiger partial charge in [0.05, 0.1) is 33.1 Å². The van der Waals surface area contributed by atoms with Gasteiger partial charge in [0.15, 0.2) is 11.5 Å². The molecule has 1 amide bonds. The van der Waals surface area contributed by atoms with Gasteiger partial charge in [-0.05, 0) is 48.5 Å². The highest BCUT2D eigenvalue weighted by molar-refractivity contribution is 6.34. The van der Waals surface area contributed by atoms with Crippen LogP contribution < -0.4 is 24.4 Å². The number of nitrogens with zero attached hydrogens (tertiary/aromatic N) is 1. The van der Waals surface area contributed by atoms with Crippen molar-refractivity contribution in [3.8, 4) is 34.1 Å². The number of para-hydroxylation sites is 1. The predicted molar refractivity (Wildman–Crippen MR) is 161 cm³/mol. The van der Waals surface area contributed by atoms with Crippen molar-refractivity contribution in [2.24, 2.45) is 5.10 Å². The number of hydrogen-bond donors (Lipinski definition) is 2.